The molecular weight excluding hydrogens is 232 g/mol. The summed E-state index contributed by atoms with van der Waals surface area (Å²) in [5.41, 5.74) is 0.547. The second kappa shape index (κ2) is 4.80. The van der Waals surface area contributed by atoms with Gasteiger partial charge >= 0.3 is 5.97 Å². The number of hydrogen-bond acceptors (Lipinski definition) is 2. The van der Waals surface area contributed by atoms with Gasteiger partial charge in [0.2, 0.25) is 0 Å². The van der Waals surface area contributed by atoms with Gasteiger partial charge in [-0.2, -0.15) is 0 Å². The van der Waals surface area contributed by atoms with Gasteiger partial charge in [0.05, 0.1) is 0 Å². The number of carbonyl (C=O) groups is 1. The van der Waals surface area contributed by atoms with E-state index in [1.54, 1.807) is 0 Å². The molecule has 0 saturated carbocycles. The zero-order chi connectivity index (χ0) is 10.6. The summed E-state index contributed by atoms with van der Waals surface area (Å²) >= 11 is 3.26. The summed E-state index contributed by atoms with van der Waals surface area (Å²) in [6, 6.07) is 0. The molecule has 0 rings (SSSR count). The van der Waals surface area contributed by atoms with E-state index in [4.69, 9.17) is 4.74 Å². The molecule has 13 heavy (non-hydrogen) atoms. The lowest BCUT2D eigenvalue weighted by Gasteiger charge is -2.21. The van der Waals surface area contributed by atoms with E-state index in [0.29, 0.717) is 6.42 Å². The Balaban J connectivity index is 4.05. The molecule has 0 amide bonds. The number of allylic oxidation sites excluding steroid dienone is 1. The zero-order valence-electron chi connectivity index (χ0n) is 8.69. The van der Waals surface area contributed by atoms with E-state index < -0.39 is 5.60 Å². The monoisotopic (exact) mass is 248 g/mol. The predicted octanol–water partition coefficient (Wildman–Crippen LogP) is 3.06. The molecule has 0 fully saturated rings. The SMILES string of the molecule is C=C(C)CC(Br)C(=O)OC(C)(C)C. The van der Waals surface area contributed by atoms with E-state index in [9.17, 15) is 4.79 Å². The Hall–Kier alpha value is -0.310. The summed E-state index contributed by atoms with van der Waals surface area (Å²) in [4.78, 5) is 11.1. The van der Waals surface area contributed by atoms with Gasteiger partial charge in [-0.3, -0.25) is 4.79 Å². The van der Waals surface area contributed by atoms with Crippen LogP contribution in [0.1, 0.15) is 34.1 Å². The van der Waals surface area contributed by atoms with Gasteiger partial charge in [-0.15, -0.1) is 6.58 Å². The average Bonchev–Trinajstić information content (AvgIpc) is 1.81. The Kier molecular flexibility index (Phi) is 4.68. The van der Waals surface area contributed by atoms with Gasteiger partial charge < -0.3 is 4.74 Å². The minimum absolute atomic E-state index is 0.226. The van der Waals surface area contributed by atoms with Crippen molar-refractivity contribution < 1.29 is 9.53 Å². The van der Waals surface area contributed by atoms with Crippen LogP contribution in [0.2, 0.25) is 0 Å². The molecule has 3 heteroatoms. The van der Waals surface area contributed by atoms with Gasteiger partial charge in [-0.05, 0) is 34.1 Å². The maximum atomic E-state index is 11.4. The van der Waals surface area contributed by atoms with Gasteiger partial charge in [-0.25, -0.2) is 0 Å². The summed E-state index contributed by atoms with van der Waals surface area (Å²) in [6.45, 7) is 11.2. The van der Waals surface area contributed by atoms with Crippen LogP contribution in [0.3, 0.4) is 0 Å². The standard InChI is InChI=1S/C10H17BrO2/c1-7(2)6-8(11)9(12)13-10(3,4)5/h8H,1,6H2,2-5H3. The van der Waals surface area contributed by atoms with Crippen LogP contribution in [0.25, 0.3) is 0 Å². The molecule has 0 saturated heterocycles. The van der Waals surface area contributed by atoms with E-state index in [1.807, 2.05) is 27.7 Å². The van der Waals surface area contributed by atoms with Crippen molar-refractivity contribution in [2.24, 2.45) is 0 Å². The number of carbonyl (C=O) groups excluding carboxylic acids is 1. The summed E-state index contributed by atoms with van der Waals surface area (Å²) < 4.78 is 5.17. The first-order valence-electron chi connectivity index (χ1n) is 4.23. The van der Waals surface area contributed by atoms with Crippen LogP contribution in [-0.4, -0.2) is 16.4 Å². The smallest absolute Gasteiger partial charge is 0.320 e. The molecule has 1 unspecified atom stereocenters. The average molecular weight is 249 g/mol. The fourth-order valence-electron chi connectivity index (χ4n) is 0.755. The molecule has 0 aliphatic carbocycles. The Bertz CT molecular complexity index is 203. The second-order valence-corrected chi connectivity index (χ2v) is 5.27. The largest absolute Gasteiger partial charge is 0.459 e. The highest BCUT2D eigenvalue weighted by Crippen LogP contribution is 2.16. The van der Waals surface area contributed by atoms with Gasteiger partial charge in [-0.1, -0.05) is 21.5 Å². The summed E-state index contributed by atoms with van der Waals surface area (Å²) in [7, 11) is 0. The highest BCUT2D eigenvalue weighted by atomic mass is 79.9. The minimum Gasteiger partial charge on any atom is -0.459 e. The van der Waals surface area contributed by atoms with Crippen LogP contribution < -0.4 is 0 Å². The molecule has 0 aromatic carbocycles. The van der Waals surface area contributed by atoms with Crippen molar-refractivity contribution in [1.82, 2.24) is 0 Å². The molecule has 0 aliphatic heterocycles. The molecule has 2 nitrogen and oxygen atoms in total. The summed E-state index contributed by atoms with van der Waals surface area (Å²) in [5.74, 6) is -0.226. The maximum absolute atomic E-state index is 11.4. The molecule has 0 bridgehead atoms. The lowest BCUT2D eigenvalue weighted by atomic mass is 10.1. The maximum Gasteiger partial charge on any atom is 0.320 e. The van der Waals surface area contributed by atoms with Crippen LogP contribution in [0, 0.1) is 0 Å². The van der Waals surface area contributed by atoms with Crippen molar-refractivity contribution in [1.29, 1.82) is 0 Å². The van der Waals surface area contributed by atoms with Crippen LogP contribution in [0.15, 0.2) is 12.2 Å². The summed E-state index contributed by atoms with van der Waals surface area (Å²) in [6.07, 6.45) is 0.620. The predicted molar refractivity (Wildman–Crippen MR) is 58.0 cm³/mol. The number of ether oxygens (including phenoxy) is 1. The lowest BCUT2D eigenvalue weighted by Crippen LogP contribution is -2.29. The quantitative estimate of drug-likeness (QED) is 0.436. The van der Waals surface area contributed by atoms with Crippen molar-refractivity contribution in [3.63, 3.8) is 0 Å². The molecule has 0 heterocycles. The fourth-order valence-corrected chi connectivity index (χ4v) is 1.40. The molecule has 76 valence electrons. The third-order valence-electron chi connectivity index (χ3n) is 1.19. The number of halogens is 1. The molecular formula is C10H17BrO2. The van der Waals surface area contributed by atoms with Gasteiger partial charge in [0.15, 0.2) is 0 Å². The number of esters is 1. The van der Waals surface area contributed by atoms with Crippen LogP contribution >= 0.6 is 15.9 Å². The van der Waals surface area contributed by atoms with E-state index in [2.05, 4.69) is 22.5 Å². The Labute approximate surface area is 88.5 Å². The van der Waals surface area contributed by atoms with Crippen molar-refractivity contribution >= 4 is 21.9 Å². The van der Waals surface area contributed by atoms with Crippen LogP contribution in [0.4, 0.5) is 0 Å². The number of hydrogen-bond donors (Lipinski definition) is 0. The normalized spacial score (nSPS) is 13.6. The molecule has 0 radical (unpaired) electrons. The number of alkyl halides is 1. The fraction of sp³-hybridized carbons (Fsp3) is 0.700. The Morgan fingerprint density at radius 2 is 2.00 bits per heavy atom. The third-order valence-corrected chi connectivity index (χ3v) is 1.89. The first kappa shape index (κ1) is 12.7. The molecule has 0 aromatic heterocycles. The molecule has 0 N–H and O–H groups in total. The van der Waals surface area contributed by atoms with E-state index in [0.717, 1.165) is 5.57 Å². The van der Waals surface area contributed by atoms with E-state index in [1.165, 1.54) is 0 Å². The van der Waals surface area contributed by atoms with Gasteiger partial charge in [0, 0.05) is 0 Å². The topological polar surface area (TPSA) is 26.3 Å². The molecule has 1 atom stereocenters. The highest BCUT2D eigenvalue weighted by Gasteiger charge is 2.22. The van der Waals surface area contributed by atoms with Crippen LogP contribution in [0.5, 0.6) is 0 Å². The Morgan fingerprint density at radius 1 is 1.54 bits per heavy atom. The zero-order valence-corrected chi connectivity index (χ0v) is 10.3. The van der Waals surface area contributed by atoms with Crippen molar-refractivity contribution in [2.45, 2.75) is 44.5 Å². The van der Waals surface area contributed by atoms with Crippen molar-refractivity contribution in [3.8, 4) is 0 Å². The molecule has 0 aromatic rings. The van der Waals surface area contributed by atoms with Crippen molar-refractivity contribution in [3.05, 3.63) is 12.2 Å². The third kappa shape index (κ3) is 6.82. The first-order valence-corrected chi connectivity index (χ1v) is 5.15. The molecule has 0 spiro atoms. The highest BCUT2D eigenvalue weighted by molar-refractivity contribution is 9.10. The van der Waals surface area contributed by atoms with Gasteiger partial charge in [0.25, 0.3) is 0 Å². The number of rotatable bonds is 3. The second-order valence-electron chi connectivity index (χ2n) is 4.16. The van der Waals surface area contributed by atoms with Gasteiger partial charge in [0.1, 0.15) is 10.4 Å². The first-order chi connectivity index (χ1) is 5.72. The van der Waals surface area contributed by atoms with E-state index >= 15 is 0 Å². The lowest BCUT2D eigenvalue weighted by molar-refractivity contribution is -0.153. The summed E-state index contributed by atoms with van der Waals surface area (Å²) in [5, 5.41) is 0. The van der Waals surface area contributed by atoms with E-state index in [-0.39, 0.29) is 10.8 Å². The van der Waals surface area contributed by atoms with Crippen molar-refractivity contribution in [2.75, 3.05) is 0 Å². The minimum atomic E-state index is -0.418. The Morgan fingerprint density at radius 3 is 2.31 bits per heavy atom. The molecule has 0 aliphatic rings. The van der Waals surface area contributed by atoms with Crippen LogP contribution in [-0.2, 0) is 9.53 Å².